The lowest BCUT2D eigenvalue weighted by atomic mass is 10.1. The van der Waals surface area contributed by atoms with E-state index in [2.05, 4.69) is 12.2 Å². The number of hydrogen-bond acceptors (Lipinski definition) is 3. The van der Waals surface area contributed by atoms with Gasteiger partial charge in [-0.25, -0.2) is 4.79 Å². The molecule has 5 heteroatoms. The molecular weight excluding hydrogens is 314 g/mol. The van der Waals surface area contributed by atoms with Gasteiger partial charge < -0.3 is 15.2 Å². The summed E-state index contributed by atoms with van der Waals surface area (Å²) >= 11 is 5.87. The number of anilines is 1. The predicted molar refractivity (Wildman–Crippen MR) is 92.6 cm³/mol. The molecule has 2 aromatic rings. The lowest BCUT2D eigenvalue weighted by molar-refractivity contribution is 0.0697. The molecule has 0 spiro atoms. The number of aromatic carboxylic acids is 1. The summed E-state index contributed by atoms with van der Waals surface area (Å²) in [6, 6.07) is 14.1. The molecular formula is C18H20ClNO3. The van der Waals surface area contributed by atoms with Crippen LogP contribution in [0.4, 0.5) is 5.69 Å². The molecule has 0 heterocycles. The van der Waals surface area contributed by atoms with Crippen LogP contribution in [-0.2, 0) is 0 Å². The van der Waals surface area contributed by atoms with Crippen LogP contribution in [0.1, 0.15) is 23.7 Å². The summed E-state index contributed by atoms with van der Waals surface area (Å²) in [6.07, 6.45) is 0.980. The van der Waals surface area contributed by atoms with Crippen molar-refractivity contribution >= 4 is 23.3 Å². The van der Waals surface area contributed by atoms with Gasteiger partial charge in [0.25, 0.3) is 0 Å². The zero-order chi connectivity index (χ0) is 16.7. The van der Waals surface area contributed by atoms with Crippen molar-refractivity contribution < 1.29 is 14.6 Å². The lowest BCUT2D eigenvalue weighted by Crippen LogP contribution is -2.20. The summed E-state index contributed by atoms with van der Waals surface area (Å²) < 4.78 is 5.75. The average Bonchev–Trinajstić information content (AvgIpc) is 2.57. The van der Waals surface area contributed by atoms with Gasteiger partial charge in [0, 0.05) is 23.2 Å². The van der Waals surface area contributed by atoms with Crippen molar-refractivity contribution in [2.45, 2.75) is 13.3 Å². The van der Waals surface area contributed by atoms with Crippen LogP contribution in [0.15, 0.2) is 48.5 Å². The van der Waals surface area contributed by atoms with Crippen LogP contribution in [0.3, 0.4) is 0 Å². The van der Waals surface area contributed by atoms with E-state index in [0.29, 0.717) is 18.3 Å². The van der Waals surface area contributed by atoms with E-state index in [1.54, 1.807) is 24.3 Å². The smallest absolute Gasteiger partial charge is 0.335 e. The van der Waals surface area contributed by atoms with Crippen molar-refractivity contribution in [2.75, 3.05) is 18.5 Å². The van der Waals surface area contributed by atoms with Crippen molar-refractivity contribution in [3.63, 3.8) is 0 Å². The summed E-state index contributed by atoms with van der Waals surface area (Å²) in [5, 5.41) is 13.0. The third-order valence-corrected chi connectivity index (χ3v) is 3.86. The van der Waals surface area contributed by atoms with Gasteiger partial charge >= 0.3 is 5.97 Å². The van der Waals surface area contributed by atoms with Crippen LogP contribution in [-0.4, -0.2) is 24.2 Å². The molecule has 0 saturated carbocycles. The fourth-order valence-corrected chi connectivity index (χ4v) is 2.18. The molecule has 2 N–H and O–H groups in total. The molecule has 2 aromatic carbocycles. The standard InChI is InChI=1S/C18H20ClNO3/c1-2-13(11-20-16-7-5-15(19)6-8-16)12-23-17-9-3-14(4-10-17)18(21)22/h3-10,13,20H,2,11-12H2,1H3,(H,21,22). The number of ether oxygens (including phenoxy) is 1. The Bertz CT molecular complexity index is 626. The largest absolute Gasteiger partial charge is 0.493 e. The van der Waals surface area contributed by atoms with Gasteiger partial charge in [0.1, 0.15) is 5.75 Å². The maximum atomic E-state index is 10.8. The predicted octanol–water partition coefficient (Wildman–Crippen LogP) is 4.56. The van der Waals surface area contributed by atoms with E-state index in [1.807, 2.05) is 24.3 Å². The third-order valence-electron chi connectivity index (χ3n) is 3.60. The van der Waals surface area contributed by atoms with Crippen LogP contribution < -0.4 is 10.1 Å². The van der Waals surface area contributed by atoms with Crippen LogP contribution in [0.5, 0.6) is 5.75 Å². The number of hydrogen-bond donors (Lipinski definition) is 2. The molecule has 0 bridgehead atoms. The van der Waals surface area contributed by atoms with Crippen LogP contribution >= 0.6 is 11.6 Å². The van der Waals surface area contributed by atoms with Gasteiger partial charge in [-0.05, 0) is 55.0 Å². The van der Waals surface area contributed by atoms with Crippen molar-refractivity contribution in [3.05, 3.63) is 59.1 Å². The molecule has 0 aliphatic rings. The number of carboxylic acid groups (broad SMARTS) is 1. The molecule has 2 rings (SSSR count). The lowest BCUT2D eigenvalue weighted by Gasteiger charge is -2.17. The van der Waals surface area contributed by atoms with E-state index in [-0.39, 0.29) is 5.56 Å². The van der Waals surface area contributed by atoms with Crippen LogP contribution in [0, 0.1) is 5.92 Å². The number of halogens is 1. The minimum atomic E-state index is -0.935. The Labute approximate surface area is 141 Å². The summed E-state index contributed by atoms with van der Waals surface area (Å²) in [5.74, 6) is 0.0971. The molecule has 23 heavy (non-hydrogen) atoms. The van der Waals surface area contributed by atoms with Gasteiger partial charge in [0.05, 0.1) is 12.2 Å². The Morgan fingerprint density at radius 2 is 1.83 bits per heavy atom. The molecule has 0 aliphatic carbocycles. The maximum absolute atomic E-state index is 10.8. The van der Waals surface area contributed by atoms with E-state index in [0.717, 1.165) is 23.7 Å². The van der Waals surface area contributed by atoms with Gasteiger partial charge in [-0.3, -0.25) is 0 Å². The molecule has 0 aromatic heterocycles. The highest BCUT2D eigenvalue weighted by Gasteiger charge is 2.08. The fourth-order valence-electron chi connectivity index (χ4n) is 2.06. The molecule has 1 atom stereocenters. The normalized spacial score (nSPS) is 11.7. The second-order valence-corrected chi connectivity index (χ2v) is 5.74. The van der Waals surface area contributed by atoms with Gasteiger partial charge in [-0.1, -0.05) is 18.5 Å². The van der Waals surface area contributed by atoms with Crippen molar-refractivity contribution in [3.8, 4) is 5.75 Å². The summed E-state index contributed by atoms with van der Waals surface area (Å²) in [4.78, 5) is 10.8. The Hall–Kier alpha value is -2.20. The number of carboxylic acids is 1. The first-order chi connectivity index (χ1) is 11.1. The van der Waals surface area contributed by atoms with Crippen molar-refractivity contribution in [2.24, 2.45) is 5.92 Å². The first kappa shape index (κ1) is 17.2. The van der Waals surface area contributed by atoms with E-state index < -0.39 is 5.97 Å². The minimum Gasteiger partial charge on any atom is -0.493 e. The molecule has 122 valence electrons. The Kier molecular flexibility index (Phi) is 6.29. The number of rotatable bonds is 8. The van der Waals surface area contributed by atoms with Gasteiger partial charge in [-0.15, -0.1) is 0 Å². The molecule has 0 radical (unpaired) electrons. The van der Waals surface area contributed by atoms with Crippen molar-refractivity contribution in [1.29, 1.82) is 0 Å². The zero-order valence-electron chi connectivity index (χ0n) is 13.0. The molecule has 0 aliphatic heterocycles. The second kappa shape index (κ2) is 8.44. The van der Waals surface area contributed by atoms with Crippen LogP contribution in [0.2, 0.25) is 5.02 Å². The van der Waals surface area contributed by atoms with E-state index in [4.69, 9.17) is 21.4 Å². The summed E-state index contributed by atoms with van der Waals surface area (Å²) in [5.41, 5.74) is 1.28. The third kappa shape index (κ3) is 5.49. The van der Waals surface area contributed by atoms with Crippen molar-refractivity contribution in [1.82, 2.24) is 0 Å². The Balaban J connectivity index is 1.82. The number of carbonyl (C=O) groups is 1. The molecule has 0 fully saturated rings. The minimum absolute atomic E-state index is 0.258. The van der Waals surface area contributed by atoms with E-state index in [9.17, 15) is 4.79 Å². The Morgan fingerprint density at radius 1 is 1.17 bits per heavy atom. The molecule has 0 saturated heterocycles. The second-order valence-electron chi connectivity index (χ2n) is 5.30. The maximum Gasteiger partial charge on any atom is 0.335 e. The highest BCUT2D eigenvalue weighted by atomic mass is 35.5. The number of benzene rings is 2. The van der Waals surface area contributed by atoms with Gasteiger partial charge in [-0.2, -0.15) is 0 Å². The summed E-state index contributed by atoms with van der Waals surface area (Å²) in [6.45, 7) is 3.49. The molecule has 0 amide bonds. The molecule has 1 unspecified atom stereocenters. The summed E-state index contributed by atoms with van der Waals surface area (Å²) in [7, 11) is 0. The highest BCUT2D eigenvalue weighted by molar-refractivity contribution is 6.30. The topological polar surface area (TPSA) is 58.6 Å². The first-order valence-electron chi connectivity index (χ1n) is 7.54. The van der Waals surface area contributed by atoms with Gasteiger partial charge in [0.15, 0.2) is 0 Å². The average molecular weight is 334 g/mol. The zero-order valence-corrected chi connectivity index (χ0v) is 13.7. The Morgan fingerprint density at radius 3 is 2.39 bits per heavy atom. The quantitative estimate of drug-likeness (QED) is 0.743. The molecule has 4 nitrogen and oxygen atoms in total. The number of nitrogens with one attached hydrogen (secondary N) is 1. The van der Waals surface area contributed by atoms with Crippen LogP contribution in [0.25, 0.3) is 0 Å². The van der Waals surface area contributed by atoms with E-state index >= 15 is 0 Å². The SMILES string of the molecule is CCC(CNc1ccc(Cl)cc1)COc1ccc(C(=O)O)cc1. The van der Waals surface area contributed by atoms with E-state index in [1.165, 1.54) is 0 Å². The first-order valence-corrected chi connectivity index (χ1v) is 7.92. The van der Waals surface area contributed by atoms with Gasteiger partial charge in [0.2, 0.25) is 0 Å². The monoisotopic (exact) mass is 333 g/mol. The fraction of sp³-hybridized carbons (Fsp3) is 0.278. The highest BCUT2D eigenvalue weighted by Crippen LogP contribution is 2.16.